The van der Waals surface area contributed by atoms with Crippen molar-refractivity contribution in [2.24, 2.45) is 5.41 Å². The first-order valence-electron chi connectivity index (χ1n) is 14.5. The minimum Gasteiger partial charge on any atom is -0.460 e. The second-order valence-corrected chi connectivity index (χ2v) is 13.5. The van der Waals surface area contributed by atoms with Crippen molar-refractivity contribution in [3.8, 4) is 5.75 Å². The van der Waals surface area contributed by atoms with E-state index in [0.29, 0.717) is 5.41 Å². The highest BCUT2D eigenvalue weighted by Crippen LogP contribution is 2.59. The van der Waals surface area contributed by atoms with Gasteiger partial charge in [0.05, 0.1) is 15.8 Å². The number of thiazole rings is 1. The number of aromatic nitrogens is 1. The summed E-state index contributed by atoms with van der Waals surface area (Å²) in [6.07, 6.45) is 17.0. The Morgan fingerprint density at radius 2 is 1.76 bits per heavy atom. The Balaban J connectivity index is 1.32. The van der Waals surface area contributed by atoms with Crippen molar-refractivity contribution in [3.63, 3.8) is 0 Å². The lowest BCUT2D eigenvalue weighted by Gasteiger charge is -2.54. The van der Waals surface area contributed by atoms with Crippen LogP contribution in [-0.2, 0) is 11.8 Å². The van der Waals surface area contributed by atoms with Gasteiger partial charge >= 0.3 is 0 Å². The lowest BCUT2D eigenvalue weighted by atomic mass is 9.61. The number of ether oxygens (including phenoxy) is 1. The lowest BCUT2D eigenvalue weighted by Crippen LogP contribution is -2.51. The number of aliphatic hydroxyl groups is 1. The molecule has 37 heavy (non-hydrogen) atoms. The maximum Gasteiger partial charge on any atom is 0.227 e. The smallest absolute Gasteiger partial charge is 0.227 e. The van der Waals surface area contributed by atoms with Crippen LogP contribution < -0.4 is 9.64 Å². The van der Waals surface area contributed by atoms with Crippen LogP contribution in [0.25, 0.3) is 21.9 Å². The van der Waals surface area contributed by atoms with Crippen LogP contribution in [0.2, 0.25) is 0 Å². The molecule has 5 aliphatic rings. The standard InChI is InChI=1S/C32H36N2O2S/c35-30-23(29-33-24-9-3-4-10-25(24)37-29)18-21-17-22-19-31(11-5-1-6-12-31)20-34-16-15-32(13-7-2-8-14-32)26(27(22)34)28(21)36-30/h3-4,9-10,17-18,30,35H,1-2,5-8,11-16,19-20H2. The first-order chi connectivity index (χ1) is 18.1. The van der Waals surface area contributed by atoms with Gasteiger partial charge in [-0.15, -0.1) is 11.3 Å². The van der Waals surface area contributed by atoms with E-state index in [1.165, 1.54) is 107 Å². The maximum absolute atomic E-state index is 11.4. The molecule has 0 radical (unpaired) electrons. The molecule has 4 nitrogen and oxygen atoms in total. The normalized spacial score (nSPS) is 25.5. The molecule has 3 aliphatic heterocycles. The van der Waals surface area contributed by atoms with Gasteiger partial charge in [0.15, 0.2) is 0 Å². The van der Waals surface area contributed by atoms with Gasteiger partial charge in [-0.1, -0.05) is 50.7 Å². The third kappa shape index (κ3) is 3.46. The molecule has 0 saturated heterocycles. The van der Waals surface area contributed by atoms with Gasteiger partial charge in [-0.3, -0.25) is 0 Å². The lowest BCUT2D eigenvalue weighted by molar-refractivity contribution is 0.0292. The van der Waals surface area contributed by atoms with Gasteiger partial charge < -0.3 is 14.7 Å². The average molecular weight is 513 g/mol. The molecule has 1 unspecified atom stereocenters. The second kappa shape index (κ2) is 8.31. The van der Waals surface area contributed by atoms with Gasteiger partial charge in [-0.05, 0) is 73.8 Å². The molecule has 1 atom stereocenters. The summed E-state index contributed by atoms with van der Waals surface area (Å²) in [4.78, 5) is 7.60. The first-order valence-corrected chi connectivity index (χ1v) is 15.3. The summed E-state index contributed by atoms with van der Waals surface area (Å²) in [6.45, 7) is 2.38. The molecule has 3 aromatic rings. The van der Waals surface area contributed by atoms with E-state index in [0.717, 1.165) is 32.1 Å². The van der Waals surface area contributed by atoms with Crippen LogP contribution in [0.4, 0.5) is 5.69 Å². The van der Waals surface area contributed by atoms with E-state index in [1.807, 2.05) is 12.1 Å². The van der Waals surface area contributed by atoms with Crippen molar-refractivity contribution in [1.82, 2.24) is 4.98 Å². The third-order valence-electron chi connectivity index (χ3n) is 10.2. The van der Waals surface area contributed by atoms with Gasteiger partial charge in [-0.2, -0.15) is 0 Å². The number of fused-ring (bicyclic) bond motifs is 4. The average Bonchev–Trinajstić information content (AvgIpc) is 3.35. The number of anilines is 1. The Kier molecular flexibility index (Phi) is 5.08. The van der Waals surface area contributed by atoms with Crippen molar-refractivity contribution in [1.29, 1.82) is 0 Å². The van der Waals surface area contributed by atoms with E-state index in [9.17, 15) is 5.11 Å². The molecule has 1 N–H and O–H groups in total. The van der Waals surface area contributed by atoms with Gasteiger partial charge in [0, 0.05) is 35.3 Å². The predicted octanol–water partition coefficient (Wildman–Crippen LogP) is 7.47. The Hall–Kier alpha value is -2.37. The molecule has 2 aliphatic carbocycles. The quantitative estimate of drug-likeness (QED) is 0.367. The van der Waals surface area contributed by atoms with Crippen molar-refractivity contribution in [3.05, 3.63) is 52.0 Å². The van der Waals surface area contributed by atoms with E-state index in [1.54, 1.807) is 11.3 Å². The van der Waals surface area contributed by atoms with Gasteiger partial charge in [0.25, 0.3) is 0 Å². The molecular formula is C32H36N2O2S. The van der Waals surface area contributed by atoms with E-state index in [4.69, 9.17) is 9.72 Å². The molecule has 192 valence electrons. The predicted molar refractivity (Wildman–Crippen MR) is 151 cm³/mol. The second-order valence-electron chi connectivity index (χ2n) is 12.5. The number of hydrogen-bond donors (Lipinski definition) is 1. The molecule has 0 bridgehead atoms. The SMILES string of the molecule is OC1Oc2c(cc3c4c2C2(CCCCC2)CCN4CC2(CCCCC2)C3)C=C1c1nc2ccccc2s1. The van der Waals surface area contributed by atoms with Crippen LogP contribution in [0.3, 0.4) is 0 Å². The Bertz CT molecular complexity index is 1380. The highest BCUT2D eigenvalue weighted by Gasteiger charge is 2.49. The summed E-state index contributed by atoms with van der Waals surface area (Å²) in [6, 6.07) is 10.7. The Morgan fingerprint density at radius 3 is 2.57 bits per heavy atom. The summed E-state index contributed by atoms with van der Waals surface area (Å²) >= 11 is 1.64. The fourth-order valence-electron chi connectivity index (χ4n) is 8.51. The topological polar surface area (TPSA) is 45.6 Å². The van der Waals surface area contributed by atoms with Crippen LogP contribution in [0.1, 0.15) is 92.3 Å². The zero-order chi connectivity index (χ0) is 24.6. The van der Waals surface area contributed by atoms with Crippen LogP contribution in [0.15, 0.2) is 30.3 Å². The summed E-state index contributed by atoms with van der Waals surface area (Å²) < 4.78 is 7.70. The van der Waals surface area contributed by atoms with Gasteiger partial charge in [-0.25, -0.2) is 4.98 Å². The molecule has 0 amide bonds. The Morgan fingerprint density at radius 1 is 0.973 bits per heavy atom. The molecule has 2 saturated carbocycles. The molecule has 2 spiro atoms. The van der Waals surface area contributed by atoms with Gasteiger partial charge in [0.2, 0.25) is 6.29 Å². The summed E-state index contributed by atoms with van der Waals surface area (Å²) in [5.41, 5.74) is 8.03. The summed E-state index contributed by atoms with van der Waals surface area (Å²) in [5, 5.41) is 12.2. The monoisotopic (exact) mass is 512 g/mol. The van der Waals surface area contributed by atoms with E-state index in [2.05, 4.69) is 29.2 Å². The van der Waals surface area contributed by atoms with Crippen molar-refractivity contribution in [2.45, 2.75) is 88.8 Å². The molecule has 2 aromatic carbocycles. The van der Waals surface area contributed by atoms with E-state index in [-0.39, 0.29) is 5.41 Å². The zero-order valence-electron chi connectivity index (χ0n) is 21.6. The molecule has 1 aromatic heterocycles. The van der Waals surface area contributed by atoms with Crippen molar-refractivity contribution >= 4 is 38.9 Å². The van der Waals surface area contributed by atoms with E-state index < -0.39 is 6.29 Å². The maximum atomic E-state index is 11.4. The zero-order valence-corrected chi connectivity index (χ0v) is 22.4. The minimum absolute atomic E-state index is 0.197. The van der Waals surface area contributed by atoms with Crippen LogP contribution in [-0.4, -0.2) is 29.5 Å². The van der Waals surface area contributed by atoms with Gasteiger partial charge in [0.1, 0.15) is 10.8 Å². The highest BCUT2D eigenvalue weighted by molar-refractivity contribution is 7.19. The molecule has 4 heterocycles. The van der Waals surface area contributed by atoms with Crippen molar-refractivity contribution < 1.29 is 9.84 Å². The van der Waals surface area contributed by atoms with Crippen LogP contribution in [0, 0.1) is 5.41 Å². The molecule has 8 rings (SSSR count). The Labute approximate surface area is 223 Å². The fraction of sp³-hybridized carbons (Fsp3) is 0.531. The molecule has 2 fully saturated rings. The third-order valence-corrected chi connectivity index (χ3v) is 11.3. The number of para-hydroxylation sites is 1. The number of nitrogens with zero attached hydrogens (tertiary/aromatic N) is 2. The summed E-state index contributed by atoms with van der Waals surface area (Å²) in [5.74, 6) is 0.960. The minimum atomic E-state index is -0.980. The van der Waals surface area contributed by atoms with Crippen LogP contribution >= 0.6 is 11.3 Å². The van der Waals surface area contributed by atoms with E-state index >= 15 is 0 Å². The number of aliphatic hydroxyl groups excluding tert-OH is 1. The van der Waals surface area contributed by atoms with Crippen molar-refractivity contribution in [2.75, 3.05) is 18.0 Å². The highest BCUT2D eigenvalue weighted by atomic mass is 32.1. The number of rotatable bonds is 1. The fourth-order valence-corrected chi connectivity index (χ4v) is 9.50. The number of hydrogen-bond acceptors (Lipinski definition) is 5. The summed E-state index contributed by atoms with van der Waals surface area (Å²) in [7, 11) is 0. The molecule has 5 heteroatoms. The number of benzene rings is 2. The largest absolute Gasteiger partial charge is 0.460 e. The first kappa shape index (κ1) is 22.6. The molecular weight excluding hydrogens is 476 g/mol. The van der Waals surface area contributed by atoms with Crippen LogP contribution in [0.5, 0.6) is 5.75 Å².